The molecule has 1 rings (SSSR count). The van der Waals surface area contributed by atoms with E-state index in [-0.39, 0.29) is 5.97 Å². The zero-order valence-electron chi connectivity index (χ0n) is 12.6. The van der Waals surface area contributed by atoms with E-state index in [0.717, 1.165) is 12.8 Å². The summed E-state index contributed by atoms with van der Waals surface area (Å²) in [7, 11) is 0. The zero-order valence-corrected chi connectivity index (χ0v) is 13.4. The quantitative estimate of drug-likeness (QED) is 0.550. The van der Waals surface area contributed by atoms with E-state index in [4.69, 9.17) is 21.1 Å². The fraction of sp³-hybridized carbons (Fsp3) is 0.562. The van der Waals surface area contributed by atoms with Crippen molar-refractivity contribution in [2.45, 2.75) is 46.1 Å². The fourth-order valence-electron chi connectivity index (χ4n) is 1.67. The molecule has 0 spiro atoms. The summed E-state index contributed by atoms with van der Waals surface area (Å²) in [5.74, 6) is 0.863. The molecule has 0 atom stereocenters. The Kier molecular flexibility index (Phi) is 6.34. The predicted octanol–water partition coefficient (Wildman–Crippen LogP) is 4.48. The second-order valence-corrected chi connectivity index (χ2v) is 6.17. The minimum absolute atomic E-state index is 0.351. The molecule has 0 heterocycles. The van der Waals surface area contributed by atoms with E-state index < -0.39 is 5.60 Å². The van der Waals surface area contributed by atoms with Gasteiger partial charge in [0.15, 0.2) is 5.60 Å². The minimum Gasteiger partial charge on any atom is -0.476 e. The number of hydrogen-bond donors (Lipinski definition) is 0. The van der Waals surface area contributed by atoms with Gasteiger partial charge in [0.1, 0.15) is 5.75 Å². The molecule has 0 N–H and O–H groups in total. The summed E-state index contributed by atoms with van der Waals surface area (Å²) in [5, 5.41) is 0.631. The number of benzene rings is 1. The Balaban J connectivity index is 2.46. The van der Waals surface area contributed by atoms with Gasteiger partial charge in [0, 0.05) is 5.02 Å². The van der Waals surface area contributed by atoms with Crippen molar-refractivity contribution in [1.82, 2.24) is 0 Å². The summed E-state index contributed by atoms with van der Waals surface area (Å²) in [6.07, 6.45) is 1.92. The monoisotopic (exact) mass is 298 g/mol. The van der Waals surface area contributed by atoms with Gasteiger partial charge in [-0.3, -0.25) is 0 Å². The van der Waals surface area contributed by atoms with Crippen molar-refractivity contribution < 1.29 is 14.3 Å². The van der Waals surface area contributed by atoms with Gasteiger partial charge in [0.25, 0.3) is 0 Å². The molecule has 0 amide bonds. The van der Waals surface area contributed by atoms with Crippen LogP contribution in [-0.2, 0) is 9.53 Å². The molecule has 0 saturated heterocycles. The third-order valence-corrected chi connectivity index (χ3v) is 3.09. The van der Waals surface area contributed by atoms with Crippen LogP contribution < -0.4 is 4.74 Å². The highest BCUT2D eigenvalue weighted by molar-refractivity contribution is 6.30. The van der Waals surface area contributed by atoms with Crippen LogP contribution in [0.25, 0.3) is 0 Å². The fourth-order valence-corrected chi connectivity index (χ4v) is 1.80. The average Bonchev–Trinajstić information content (AvgIpc) is 2.36. The van der Waals surface area contributed by atoms with Crippen LogP contribution in [0.1, 0.15) is 40.5 Å². The van der Waals surface area contributed by atoms with Crippen LogP contribution in [0.2, 0.25) is 5.02 Å². The molecule has 0 aliphatic carbocycles. The van der Waals surface area contributed by atoms with Gasteiger partial charge in [-0.05, 0) is 56.9 Å². The minimum atomic E-state index is -1.01. The predicted molar refractivity (Wildman–Crippen MR) is 81.2 cm³/mol. The molecule has 4 heteroatoms. The lowest BCUT2D eigenvalue weighted by Crippen LogP contribution is -2.39. The first-order valence-electron chi connectivity index (χ1n) is 6.93. The van der Waals surface area contributed by atoms with E-state index >= 15 is 0 Å². The Hall–Kier alpha value is -1.22. The number of halogens is 1. The summed E-state index contributed by atoms with van der Waals surface area (Å²) in [5.41, 5.74) is -1.01. The zero-order chi connectivity index (χ0) is 15.2. The highest BCUT2D eigenvalue weighted by Gasteiger charge is 2.31. The molecule has 0 aliphatic rings. The highest BCUT2D eigenvalue weighted by atomic mass is 35.5. The van der Waals surface area contributed by atoms with Crippen molar-refractivity contribution in [2.75, 3.05) is 6.61 Å². The average molecular weight is 299 g/mol. The van der Waals surface area contributed by atoms with Gasteiger partial charge in [0.2, 0.25) is 0 Å². The summed E-state index contributed by atoms with van der Waals surface area (Å²) < 4.78 is 10.9. The standard InChI is InChI=1S/C16H23ClO3/c1-12(2)6-5-11-19-15(18)16(3,4)20-14-9-7-13(17)8-10-14/h7-10,12H,5-6,11H2,1-4H3. The maximum atomic E-state index is 12.0. The van der Waals surface area contributed by atoms with Gasteiger partial charge in [-0.15, -0.1) is 0 Å². The Labute approximate surface area is 126 Å². The van der Waals surface area contributed by atoms with Crippen molar-refractivity contribution in [3.63, 3.8) is 0 Å². The molecule has 0 aromatic heterocycles. The van der Waals surface area contributed by atoms with E-state index in [0.29, 0.717) is 23.3 Å². The van der Waals surface area contributed by atoms with Gasteiger partial charge >= 0.3 is 5.97 Å². The molecule has 0 bridgehead atoms. The van der Waals surface area contributed by atoms with Crippen LogP contribution >= 0.6 is 11.6 Å². The molecule has 0 fully saturated rings. The largest absolute Gasteiger partial charge is 0.476 e. The van der Waals surface area contributed by atoms with Crippen molar-refractivity contribution in [3.8, 4) is 5.75 Å². The molecular weight excluding hydrogens is 276 g/mol. The number of ether oxygens (including phenoxy) is 2. The number of esters is 1. The van der Waals surface area contributed by atoms with Gasteiger partial charge in [-0.25, -0.2) is 4.79 Å². The SMILES string of the molecule is CC(C)CCCOC(=O)C(C)(C)Oc1ccc(Cl)cc1. The lowest BCUT2D eigenvalue weighted by atomic mass is 10.1. The smallest absolute Gasteiger partial charge is 0.349 e. The number of hydrogen-bond acceptors (Lipinski definition) is 3. The molecule has 0 radical (unpaired) electrons. The first-order chi connectivity index (χ1) is 9.31. The topological polar surface area (TPSA) is 35.5 Å². The summed E-state index contributed by atoms with van der Waals surface area (Å²) in [4.78, 5) is 12.0. The molecule has 1 aromatic rings. The number of rotatable bonds is 7. The summed E-state index contributed by atoms with van der Waals surface area (Å²) >= 11 is 5.81. The van der Waals surface area contributed by atoms with Crippen LogP contribution in [0.4, 0.5) is 0 Å². The second-order valence-electron chi connectivity index (χ2n) is 5.74. The second kappa shape index (κ2) is 7.53. The van der Waals surface area contributed by atoms with Crippen molar-refractivity contribution >= 4 is 17.6 Å². The maximum Gasteiger partial charge on any atom is 0.349 e. The van der Waals surface area contributed by atoms with Gasteiger partial charge in [-0.2, -0.15) is 0 Å². The first kappa shape index (κ1) is 16.8. The Morgan fingerprint density at radius 1 is 1.25 bits per heavy atom. The third kappa shape index (κ3) is 5.83. The third-order valence-electron chi connectivity index (χ3n) is 2.84. The molecule has 3 nitrogen and oxygen atoms in total. The summed E-state index contributed by atoms with van der Waals surface area (Å²) in [6.45, 7) is 8.13. The van der Waals surface area contributed by atoms with Gasteiger partial charge < -0.3 is 9.47 Å². The van der Waals surface area contributed by atoms with Crippen LogP contribution in [0, 0.1) is 5.92 Å². The molecule has 0 saturated carbocycles. The number of carbonyl (C=O) groups is 1. The lowest BCUT2D eigenvalue weighted by molar-refractivity contribution is -0.159. The Morgan fingerprint density at radius 2 is 1.85 bits per heavy atom. The van der Waals surface area contributed by atoms with Crippen molar-refractivity contribution in [1.29, 1.82) is 0 Å². The van der Waals surface area contributed by atoms with E-state index in [2.05, 4.69) is 13.8 Å². The normalized spacial score (nSPS) is 11.5. The van der Waals surface area contributed by atoms with Crippen molar-refractivity contribution in [2.24, 2.45) is 5.92 Å². The van der Waals surface area contributed by atoms with E-state index in [9.17, 15) is 4.79 Å². The van der Waals surface area contributed by atoms with Gasteiger partial charge in [-0.1, -0.05) is 25.4 Å². The van der Waals surface area contributed by atoms with Crippen LogP contribution in [0.3, 0.4) is 0 Å². The van der Waals surface area contributed by atoms with E-state index in [1.54, 1.807) is 38.1 Å². The molecule has 20 heavy (non-hydrogen) atoms. The first-order valence-corrected chi connectivity index (χ1v) is 7.31. The van der Waals surface area contributed by atoms with Crippen LogP contribution in [0.5, 0.6) is 5.75 Å². The highest BCUT2D eigenvalue weighted by Crippen LogP contribution is 2.21. The Bertz CT molecular complexity index is 424. The molecule has 0 aliphatic heterocycles. The summed E-state index contributed by atoms with van der Waals surface area (Å²) in [6, 6.07) is 6.91. The van der Waals surface area contributed by atoms with E-state index in [1.165, 1.54) is 0 Å². The molecular formula is C16H23ClO3. The van der Waals surface area contributed by atoms with E-state index in [1.807, 2.05) is 0 Å². The van der Waals surface area contributed by atoms with Crippen molar-refractivity contribution in [3.05, 3.63) is 29.3 Å². The van der Waals surface area contributed by atoms with Crippen LogP contribution in [-0.4, -0.2) is 18.2 Å². The lowest BCUT2D eigenvalue weighted by Gasteiger charge is -2.24. The molecule has 112 valence electrons. The van der Waals surface area contributed by atoms with Crippen LogP contribution in [0.15, 0.2) is 24.3 Å². The molecule has 0 unspecified atom stereocenters. The van der Waals surface area contributed by atoms with Gasteiger partial charge in [0.05, 0.1) is 6.61 Å². The molecule has 1 aromatic carbocycles. The Morgan fingerprint density at radius 3 is 2.40 bits per heavy atom. The number of carbonyl (C=O) groups excluding carboxylic acids is 1. The maximum absolute atomic E-state index is 12.0.